The molecule has 3 aromatic rings. The molecule has 0 aliphatic heterocycles. The molecule has 2 atom stereocenters. The van der Waals surface area contributed by atoms with Crippen molar-refractivity contribution in [2.75, 3.05) is 31.0 Å². The summed E-state index contributed by atoms with van der Waals surface area (Å²) in [4.78, 5) is 28.3. The minimum Gasteiger partial charge on any atom is -0.359 e. The first kappa shape index (κ1) is 19.9. The minimum absolute atomic E-state index is 0.00676. The van der Waals surface area contributed by atoms with E-state index >= 15 is 0 Å². The number of nitrogens with zero attached hydrogens (tertiary/aromatic N) is 4. The highest BCUT2D eigenvalue weighted by molar-refractivity contribution is 7.98. The maximum atomic E-state index is 12.2. The Hall–Kier alpha value is -2.39. The van der Waals surface area contributed by atoms with E-state index in [1.807, 2.05) is 36.8 Å². The molecule has 0 saturated heterocycles. The Morgan fingerprint density at radius 1 is 1.17 bits per heavy atom. The molecule has 1 aliphatic carbocycles. The predicted molar refractivity (Wildman–Crippen MR) is 120 cm³/mol. The molecule has 1 aliphatic rings. The van der Waals surface area contributed by atoms with Crippen LogP contribution >= 0.6 is 23.1 Å². The Bertz CT molecular complexity index is 1000. The summed E-state index contributed by atoms with van der Waals surface area (Å²) in [6.07, 6.45) is 8.84. The van der Waals surface area contributed by atoms with Crippen LogP contribution in [-0.2, 0) is 0 Å². The number of nitrogens with one attached hydrogen (secondary N) is 2. The zero-order chi connectivity index (χ0) is 20.4. The number of carbonyl (C=O) groups excluding carboxylic acids is 1. The number of carbonyl (C=O) groups is 1. The van der Waals surface area contributed by atoms with Crippen molar-refractivity contribution in [1.29, 1.82) is 0 Å². The number of fused-ring (bicyclic) bond motifs is 1. The SMILES string of the molecule is CSc1cnc(N[C@H]2CC[C@H](Nc3nc4ccc(C(=O)N(C)C)cc4s3)C2)nc1. The van der Waals surface area contributed by atoms with E-state index in [0.29, 0.717) is 23.6 Å². The van der Waals surface area contributed by atoms with Crippen LogP contribution < -0.4 is 10.6 Å². The van der Waals surface area contributed by atoms with E-state index in [9.17, 15) is 4.79 Å². The Balaban J connectivity index is 1.38. The molecule has 0 spiro atoms. The van der Waals surface area contributed by atoms with Crippen molar-refractivity contribution < 1.29 is 4.79 Å². The second-order valence-corrected chi connectivity index (χ2v) is 9.25. The molecular weight excluding hydrogens is 404 g/mol. The number of hydrogen-bond acceptors (Lipinski definition) is 8. The van der Waals surface area contributed by atoms with E-state index in [1.165, 1.54) is 0 Å². The van der Waals surface area contributed by atoms with Crippen molar-refractivity contribution in [2.24, 2.45) is 0 Å². The molecule has 2 N–H and O–H groups in total. The van der Waals surface area contributed by atoms with Crippen LogP contribution in [0.25, 0.3) is 10.2 Å². The first-order chi connectivity index (χ1) is 14.0. The van der Waals surface area contributed by atoms with E-state index in [1.54, 1.807) is 42.1 Å². The second-order valence-electron chi connectivity index (χ2n) is 7.34. The van der Waals surface area contributed by atoms with Gasteiger partial charge in [0.15, 0.2) is 5.13 Å². The molecule has 0 unspecified atom stereocenters. The molecule has 1 fully saturated rings. The molecule has 1 aromatic carbocycles. The summed E-state index contributed by atoms with van der Waals surface area (Å²) in [5.74, 6) is 0.693. The van der Waals surface area contributed by atoms with Gasteiger partial charge in [0.1, 0.15) is 0 Å². The van der Waals surface area contributed by atoms with E-state index < -0.39 is 0 Å². The summed E-state index contributed by atoms with van der Waals surface area (Å²) in [7, 11) is 3.53. The lowest BCUT2D eigenvalue weighted by Gasteiger charge is -2.14. The average Bonchev–Trinajstić information content (AvgIpc) is 3.33. The molecule has 0 bridgehead atoms. The van der Waals surface area contributed by atoms with Gasteiger partial charge in [0.25, 0.3) is 5.91 Å². The van der Waals surface area contributed by atoms with Gasteiger partial charge in [0.2, 0.25) is 5.95 Å². The Kier molecular flexibility index (Phi) is 5.86. The van der Waals surface area contributed by atoms with Crippen molar-refractivity contribution in [3.8, 4) is 0 Å². The zero-order valence-electron chi connectivity index (χ0n) is 16.7. The molecular formula is C20H24N6OS2. The van der Waals surface area contributed by atoms with Gasteiger partial charge in [0, 0.05) is 49.0 Å². The summed E-state index contributed by atoms with van der Waals surface area (Å²) in [5, 5.41) is 7.90. The number of benzene rings is 1. The largest absolute Gasteiger partial charge is 0.359 e. The molecule has 1 amide bonds. The summed E-state index contributed by atoms with van der Waals surface area (Å²) in [6.45, 7) is 0. The lowest BCUT2D eigenvalue weighted by atomic mass is 10.2. The van der Waals surface area contributed by atoms with Crippen LogP contribution in [-0.4, -0.2) is 58.2 Å². The fraction of sp³-hybridized carbons (Fsp3) is 0.400. The molecule has 9 heteroatoms. The third kappa shape index (κ3) is 4.62. The third-order valence-corrected chi connectivity index (χ3v) is 6.63. The van der Waals surface area contributed by atoms with Crippen molar-refractivity contribution in [3.63, 3.8) is 0 Å². The maximum Gasteiger partial charge on any atom is 0.253 e. The fourth-order valence-corrected chi connectivity index (χ4v) is 4.77. The predicted octanol–water partition coefficient (Wildman–Crippen LogP) is 3.96. The van der Waals surface area contributed by atoms with E-state index in [0.717, 1.165) is 39.5 Å². The molecule has 152 valence electrons. The van der Waals surface area contributed by atoms with Gasteiger partial charge in [-0.1, -0.05) is 11.3 Å². The highest BCUT2D eigenvalue weighted by Gasteiger charge is 2.26. The van der Waals surface area contributed by atoms with Crippen LogP contribution in [0.4, 0.5) is 11.1 Å². The molecule has 2 aromatic heterocycles. The Morgan fingerprint density at radius 3 is 2.59 bits per heavy atom. The highest BCUT2D eigenvalue weighted by atomic mass is 32.2. The van der Waals surface area contributed by atoms with Gasteiger partial charge < -0.3 is 15.5 Å². The number of amides is 1. The average molecular weight is 429 g/mol. The van der Waals surface area contributed by atoms with Gasteiger partial charge in [-0.15, -0.1) is 11.8 Å². The lowest BCUT2D eigenvalue weighted by molar-refractivity contribution is 0.0828. The van der Waals surface area contributed by atoms with Gasteiger partial charge in [-0.25, -0.2) is 15.0 Å². The number of anilines is 2. The van der Waals surface area contributed by atoms with Crippen LogP contribution in [0.1, 0.15) is 29.6 Å². The number of thiazole rings is 1. The lowest BCUT2D eigenvalue weighted by Crippen LogP contribution is -2.21. The van der Waals surface area contributed by atoms with Crippen molar-refractivity contribution in [2.45, 2.75) is 36.2 Å². The number of rotatable bonds is 6. The molecule has 29 heavy (non-hydrogen) atoms. The quantitative estimate of drug-likeness (QED) is 0.575. The van der Waals surface area contributed by atoms with Gasteiger partial charge in [-0.2, -0.15) is 0 Å². The standard InChI is InChI=1S/C20H24N6OS2/c1-26(2)18(27)12-4-7-16-17(8-12)29-20(25-16)24-14-6-5-13(9-14)23-19-21-10-15(28-3)11-22-19/h4,7-8,10-11,13-14H,5-6,9H2,1-3H3,(H,24,25)(H,21,22,23)/t13-,14-/m0/s1. The smallest absolute Gasteiger partial charge is 0.253 e. The normalized spacial score (nSPS) is 18.7. The van der Waals surface area contributed by atoms with Crippen molar-refractivity contribution in [1.82, 2.24) is 19.9 Å². The fourth-order valence-electron chi connectivity index (χ4n) is 3.47. The Labute approximate surface area is 178 Å². The van der Waals surface area contributed by atoms with Crippen molar-refractivity contribution >= 4 is 50.3 Å². The molecule has 2 heterocycles. The Morgan fingerprint density at radius 2 is 1.90 bits per heavy atom. The topological polar surface area (TPSA) is 83.0 Å². The van der Waals surface area contributed by atoms with Gasteiger partial charge in [0.05, 0.1) is 10.2 Å². The minimum atomic E-state index is 0.00676. The molecule has 4 rings (SSSR count). The number of hydrogen-bond donors (Lipinski definition) is 2. The first-order valence-corrected chi connectivity index (χ1v) is 11.6. The number of aromatic nitrogens is 3. The molecule has 0 radical (unpaired) electrons. The van der Waals surface area contributed by atoms with Crippen LogP contribution in [0.3, 0.4) is 0 Å². The zero-order valence-corrected chi connectivity index (χ0v) is 18.3. The third-order valence-electron chi connectivity index (χ3n) is 5.00. The van der Waals surface area contributed by atoms with Gasteiger partial charge in [-0.05, 0) is 43.7 Å². The van der Waals surface area contributed by atoms with E-state index in [2.05, 4.69) is 25.6 Å². The van der Waals surface area contributed by atoms with E-state index in [-0.39, 0.29) is 5.91 Å². The van der Waals surface area contributed by atoms with Crippen LogP contribution in [0, 0.1) is 0 Å². The van der Waals surface area contributed by atoms with E-state index in [4.69, 9.17) is 0 Å². The summed E-state index contributed by atoms with van der Waals surface area (Å²) in [5.41, 5.74) is 1.61. The molecule has 7 nitrogen and oxygen atoms in total. The summed E-state index contributed by atoms with van der Waals surface area (Å²) >= 11 is 3.23. The first-order valence-electron chi connectivity index (χ1n) is 9.53. The van der Waals surface area contributed by atoms with Crippen LogP contribution in [0.2, 0.25) is 0 Å². The van der Waals surface area contributed by atoms with Gasteiger partial charge >= 0.3 is 0 Å². The second kappa shape index (κ2) is 8.54. The van der Waals surface area contributed by atoms with Crippen molar-refractivity contribution in [3.05, 3.63) is 36.2 Å². The molecule has 1 saturated carbocycles. The highest BCUT2D eigenvalue weighted by Crippen LogP contribution is 2.31. The summed E-state index contributed by atoms with van der Waals surface area (Å²) in [6, 6.07) is 6.40. The van der Waals surface area contributed by atoms with Crippen LogP contribution in [0.5, 0.6) is 0 Å². The van der Waals surface area contributed by atoms with Crippen LogP contribution in [0.15, 0.2) is 35.5 Å². The maximum absolute atomic E-state index is 12.2. The van der Waals surface area contributed by atoms with Gasteiger partial charge in [-0.3, -0.25) is 4.79 Å². The summed E-state index contributed by atoms with van der Waals surface area (Å²) < 4.78 is 1.02. The monoisotopic (exact) mass is 428 g/mol. The number of thioether (sulfide) groups is 1.